The van der Waals surface area contributed by atoms with Gasteiger partial charge >= 0.3 is 5.97 Å². The maximum atomic E-state index is 11.2. The number of aliphatic carboxylic acids is 1. The van der Waals surface area contributed by atoms with Gasteiger partial charge in [-0.15, -0.1) is 5.10 Å². The molecule has 0 spiro atoms. The van der Waals surface area contributed by atoms with Crippen molar-refractivity contribution in [3.63, 3.8) is 0 Å². The van der Waals surface area contributed by atoms with Crippen LogP contribution in [0.1, 0.15) is 20.3 Å². The van der Waals surface area contributed by atoms with Gasteiger partial charge < -0.3 is 10.4 Å². The standard InChI is InChI=1S/C8H11N3O3S/c1-4(2)10-11-8-9-7(14)5(15-8)3-6(12)13/h5H,3H2,1-2H3,(H,12,13)(H,9,11,14). The lowest BCUT2D eigenvalue weighted by molar-refractivity contribution is -0.138. The largest absolute Gasteiger partial charge is 0.481 e. The van der Waals surface area contributed by atoms with E-state index in [1.807, 2.05) is 0 Å². The monoisotopic (exact) mass is 229 g/mol. The van der Waals surface area contributed by atoms with Gasteiger partial charge in [-0.2, -0.15) is 5.10 Å². The van der Waals surface area contributed by atoms with Gasteiger partial charge in [0, 0.05) is 5.71 Å². The van der Waals surface area contributed by atoms with Crippen LogP contribution in [0.25, 0.3) is 0 Å². The van der Waals surface area contributed by atoms with Crippen molar-refractivity contribution in [2.45, 2.75) is 25.5 Å². The molecule has 1 rings (SSSR count). The van der Waals surface area contributed by atoms with Crippen molar-refractivity contribution in [3.05, 3.63) is 0 Å². The maximum absolute atomic E-state index is 11.2. The van der Waals surface area contributed by atoms with E-state index in [4.69, 9.17) is 5.11 Å². The van der Waals surface area contributed by atoms with E-state index in [2.05, 4.69) is 15.5 Å². The molecule has 0 aromatic rings. The molecule has 0 aliphatic carbocycles. The predicted molar refractivity (Wildman–Crippen MR) is 58.0 cm³/mol. The summed E-state index contributed by atoms with van der Waals surface area (Å²) < 4.78 is 0. The van der Waals surface area contributed by atoms with Crippen molar-refractivity contribution < 1.29 is 14.7 Å². The van der Waals surface area contributed by atoms with E-state index in [0.29, 0.717) is 5.17 Å². The summed E-state index contributed by atoms with van der Waals surface area (Å²) in [7, 11) is 0. The molecule has 1 saturated heterocycles. The molecule has 1 atom stereocenters. The summed E-state index contributed by atoms with van der Waals surface area (Å²) >= 11 is 1.09. The summed E-state index contributed by atoms with van der Waals surface area (Å²) in [5.41, 5.74) is 0.763. The summed E-state index contributed by atoms with van der Waals surface area (Å²) in [6, 6.07) is 0. The van der Waals surface area contributed by atoms with Crippen molar-refractivity contribution in [1.29, 1.82) is 0 Å². The van der Waals surface area contributed by atoms with Gasteiger partial charge in [0.2, 0.25) is 5.91 Å². The molecule has 15 heavy (non-hydrogen) atoms. The zero-order chi connectivity index (χ0) is 11.4. The summed E-state index contributed by atoms with van der Waals surface area (Å²) in [5, 5.41) is 18.3. The van der Waals surface area contributed by atoms with Crippen molar-refractivity contribution in [2.75, 3.05) is 0 Å². The second kappa shape index (κ2) is 4.92. The molecule has 82 valence electrons. The van der Waals surface area contributed by atoms with Crippen LogP contribution in [0.4, 0.5) is 0 Å². The Morgan fingerprint density at radius 1 is 1.60 bits per heavy atom. The minimum absolute atomic E-state index is 0.204. The first-order valence-electron chi connectivity index (χ1n) is 4.27. The molecule has 6 nitrogen and oxygen atoms in total. The van der Waals surface area contributed by atoms with Gasteiger partial charge in [0.1, 0.15) is 5.25 Å². The Balaban J connectivity index is 2.63. The van der Waals surface area contributed by atoms with Crippen molar-refractivity contribution in [3.8, 4) is 0 Å². The van der Waals surface area contributed by atoms with Crippen LogP contribution in [-0.2, 0) is 9.59 Å². The Morgan fingerprint density at radius 2 is 2.27 bits per heavy atom. The van der Waals surface area contributed by atoms with E-state index >= 15 is 0 Å². The Morgan fingerprint density at radius 3 is 2.80 bits per heavy atom. The Bertz CT molecular complexity index is 347. The van der Waals surface area contributed by atoms with Crippen molar-refractivity contribution >= 4 is 34.5 Å². The quantitative estimate of drug-likeness (QED) is 0.542. The highest BCUT2D eigenvalue weighted by atomic mass is 32.2. The van der Waals surface area contributed by atoms with Gasteiger partial charge in [-0.3, -0.25) is 9.59 Å². The van der Waals surface area contributed by atoms with Crippen molar-refractivity contribution in [2.24, 2.45) is 10.2 Å². The molecule has 0 saturated carbocycles. The van der Waals surface area contributed by atoms with E-state index in [0.717, 1.165) is 17.5 Å². The lowest BCUT2D eigenvalue weighted by Gasteiger charge is -1.97. The molecule has 1 unspecified atom stereocenters. The van der Waals surface area contributed by atoms with Gasteiger partial charge in [-0.1, -0.05) is 11.8 Å². The third kappa shape index (κ3) is 3.70. The normalized spacial score (nSPS) is 22.7. The molecular formula is C8H11N3O3S. The highest BCUT2D eigenvalue weighted by Crippen LogP contribution is 2.22. The lowest BCUT2D eigenvalue weighted by Crippen LogP contribution is -2.26. The first-order valence-corrected chi connectivity index (χ1v) is 5.15. The summed E-state index contributed by atoms with van der Waals surface area (Å²) in [6.07, 6.45) is -0.204. The van der Waals surface area contributed by atoms with Gasteiger partial charge in [0.15, 0.2) is 5.17 Å². The molecule has 7 heteroatoms. The zero-order valence-corrected chi connectivity index (χ0v) is 9.17. The van der Waals surface area contributed by atoms with Crippen LogP contribution in [-0.4, -0.2) is 33.1 Å². The summed E-state index contributed by atoms with van der Waals surface area (Å²) in [5.74, 6) is -1.33. The van der Waals surface area contributed by atoms with E-state index < -0.39 is 11.2 Å². The second-order valence-corrected chi connectivity index (χ2v) is 4.34. The molecule has 0 aromatic carbocycles. The molecular weight excluding hydrogens is 218 g/mol. The number of amides is 1. The van der Waals surface area contributed by atoms with Gasteiger partial charge in [-0.05, 0) is 13.8 Å². The van der Waals surface area contributed by atoms with E-state index in [-0.39, 0.29) is 12.3 Å². The third-order valence-corrected chi connectivity index (χ3v) is 2.55. The van der Waals surface area contributed by atoms with Crippen LogP contribution in [0, 0.1) is 0 Å². The Kier molecular flexibility index (Phi) is 3.84. The SMILES string of the molecule is CC(C)=N/N=C1\NC(=O)C(CC(=O)O)S1. The summed E-state index contributed by atoms with van der Waals surface area (Å²) in [4.78, 5) is 21.7. The molecule has 1 fully saturated rings. The van der Waals surface area contributed by atoms with Crippen LogP contribution in [0.2, 0.25) is 0 Å². The number of nitrogens with zero attached hydrogens (tertiary/aromatic N) is 2. The van der Waals surface area contributed by atoms with Crippen LogP contribution in [0.3, 0.4) is 0 Å². The van der Waals surface area contributed by atoms with E-state index in [9.17, 15) is 9.59 Å². The van der Waals surface area contributed by atoms with E-state index in [1.54, 1.807) is 13.8 Å². The molecule has 1 aliphatic rings. The van der Waals surface area contributed by atoms with Crippen LogP contribution in [0.5, 0.6) is 0 Å². The van der Waals surface area contributed by atoms with Crippen molar-refractivity contribution in [1.82, 2.24) is 5.32 Å². The van der Waals surface area contributed by atoms with Crippen LogP contribution >= 0.6 is 11.8 Å². The number of hydrogen-bond acceptors (Lipinski definition) is 5. The number of nitrogens with one attached hydrogen (secondary N) is 1. The molecule has 1 heterocycles. The number of rotatable bonds is 3. The predicted octanol–water partition coefficient (Wildman–Crippen LogP) is 0.444. The summed E-state index contributed by atoms with van der Waals surface area (Å²) in [6.45, 7) is 3.56. The minimum atomic E-state index is -1.00. The van der Waals surface area contributed by atoms with E-state index in [1.165, 1.54) is 0 Å². The second-order valence-electron chi connectivity index (χ2n) is 3.15. The maximum Gasteiger partial charge on any atom is 0.305 e. The first kappa shape index (κ1) is 11.7. The molecule has 0 aromatic heterocycles. The average molecular weight is 229 g/mol. The number of carboxylic acid groups (broad SMARTS) is 1. The average Bonchev–Trinajstić information content (AvgIpc) is 2.43. The van der Waals surface area contributed by atoms with Crippen LogP contribution < -0.4 is 5.32 Å². The zero-order valence-electron chi connectivity index (χ0n) is 8.35. The van der Waals surface area contributed by atoms with Gasteiger partial charge in [0.25, 0.3) is 0 Å². The Hall–Kier alpha value is -1.37. The number of carboxylic acids is 1. The number of thioether (sulfide) groups is 1. The number of carbonyl (C=O) groups is 2. The first-order chi connectivity index (χ1) is 6.99. The van der Waals surface area contributed by atoms with Crippen LogP contribution in [0.15, 0.2) is 10.2 Å². The molecule has 1 aliphatic heterocycles. The minimum Gasteiger partial charge on any atom is -0.481 e. The fourth-order valence-corrected chi connectivity index (χ4v) is 1.80. The molecule has 1 amide bonds. The lowest BCUT2D eigenvalue weighted by atomic mass is 10.3. The van der Waals surface area contributed by atoms with Gasteiger partial charge in [-0.25, -0.2) is 0 Å². The topological polar surface area (TPSA) is 91.1 Å². The Labute approximate surface area is 90.8 Å². The fourth-order valence-electron chi connectivity index (χ4n) is 0.891. The smallest absolute Gasteiger partial charge is 0.305 e. The van der Waals surface area contributed by atoms with Gasteiger partial charge in [0.05, 0.1) is 6.42 Å². The highest BCUT2D eigenvalue weighted by molar-refractivity contribution is 8.15. The number of hydrogen-bond donors (Lipinski definition) is 2. The molecule has 2 N–H and O–H groups in total. The fraction of sp³-hybridized carbons (Fsp3) is 0.500. The molecule has 0 bridgehead atoms. The number of carbonyl (C=O) groups excluding carboxylic acids is 1. The third-order valence-electron chi connectivity index (χ3n) is 1.48. The molecule has 0 radical (unpaired) electrons. The number of amidine groups is 1. The highest BCUT2D eigenvalue weighted by Gasteiger charge is 2.32.